The third kappa shape index (κ3) is 8.98. The number of carbonyl (C=O) groups is 2. The molecule has 0 spiro atoms. The Morgan fingerprint density at radius 2 is 1.78 bits per heavy atom. The molecule has 0 unspecified atom stereocenters. The van der Waals surface area contributed by atoms with Gasteiger partial charge in [0.2, 0.25) is 5.91 Å². The topological polar surface area (TPSA) is 64.6 Å². The number of hydrogen-bond donors (Lipinski definition) is 1. The maximum atomic E-state index is 11.5. The van der Waals surface area contributed by atoms with Gasteiger partial charge in [0, 0.05) is 20.1 Å². The van der Waals surface area contributed by atoms with Crippen molar-refractivity contribution < 1.29 is 19.1 Å². The van der Waals surface area contributed by atoms with E-state index in [1.54, 1.807) is 7.11 Å². The van der Waals surface area contributed by atoms with Gasteiger partial charge in [-0.15, -0.1) is 0 Å². The second kappa shape index (κ2) is 8.91. The molecule has 0 saturated heterocycles. The molecule has 0 aromatic carbocycles. The van der Waals surface area contributed by atoms with E-state index < -0.39 is 5.60 Å². The predicted octanol–water partition coefficient (Wildman–Crippen LogP) is 1.65. The summed E-state index contributed by atoms with van der Waals surface area (Å²) in [6, 6.07) is 0. The third-order valence-corrected chi connectivity index (χ3v) is 2.75. The summed E-state index contributed by atoms with van der Waals surface area (Å²) in [4.78, 5) is 22.4. The summed E-state index contributed by atoms with van der Waals surface area (Å²) in [7, 11) is 2.99. The van der Waals surface area contributed by atoms with Gasteiger partial charge in [-0.2, -0.15) is 0 Å². The molecule has 0 radical (unpaired) electrons. The van der Waals surface area contributed by atoms with Crippen LogP contribution in [0.5, 0.6) is 0 Å². The first kappa shape index (κ1) is 16.9. The van der Waals surface area contributed by atoms with Crippen LogP contribution in [0.25, 0.3) is 0 Å². The van der Waals surface area contributed by atoms with Crippen LogP contribution in [0.2, 0.25) is 0 Å². The van der Waals surface area contributed by atoms with Gasteiger partial charge in [-0.25, -0.2) is 0 Å². The van der Waals surface area contributed by atoms with E-state index in [9.17, 15) is 9.59 Å². The molecule has 18 heavy (non-hydrogen) atoms. The number of amides is 1. The lowest BCUT2D eigenvalue weighted by atomic mass is 10.0. The van der Waals surface area contributed by atoms with Gasteiger partial charge in [0.1, 0.15) is 0 Å². The van der Waals surface area contributed by atoms with Gasteiger partial charge in [-0.05, 0) is 26.7 Å². The van der Waals surface area contributed by atoms with Crippen LogP contribution in [0, 0.1) is 0 Å². The number of rotatable bonds is 9. The lowest BCUT2D eigenvalue weighted by Crippen LogP contribution is -2.34. The number of nitrogens with one attached hydrogen (secondary N) is 1. The Balaban J connectivity index is 3.49. The Kier molecular flexibility index (Phi) is 8.37. The fraction of sp³-hybridized carbons (Fsp3) is 0.846. The molecule has 0 rings (SSSR count). The molecular weight excluding hydrogens is 234 g/mol. The summed E-state index contributed by atoms with van der Waals surface area (Å²) in [5.41, 5.74) is -0.422. The van der Waals surface area contributed by atoms with Crippen LogP contribution >= 0.6 is 0 Å². The first-order chi connectivity index (χ1) is 8.41. The van der Waals surface area contributed by atoms with E-state index >= 15 is 0 Å². The molecule has 0 bridgehead atoms. The Morgan fingerprint density at radius 1 is 1.11 bits per heavy atom. The summed E-state index contributed by atoms with van der Waals surface area (Å²) in [5.74, 6) is -0.185. The van der Waals surface area contributed by atoms with E-state index in [4.69, 9.17) is 4.74 Å². The zero-order valence-electron chi connectivity index (χ0n) is 11.9. The van der Waals surface area contributed by atoms with Gasteiger partial charge >= 0.3 is 5.97 Å². The Bertz CT molecular complexity index is 264. The molecule has 0 fully saturated rings. The molecule has 0 aliphatic heterocycles. The molecule has 106 valence electrons. The number of hydrogen-bond acceptors (Lipinski definition) is 4. The number of methoxy groups -OCH3 is 2. The first-order valence-corrected chi connectivity index (χ1v) is 6.30. The van der Waals surface area contributed by atoms with Crippen LogP contribution in [-0.4, -0.2) is 38.2 Å². The van der Waals surface area contributed by atoms with E-state index in [2.05, 4.69) is 10.1 Å². The molecule has 0 saturated carbocycles. The maximum absolute atomic E-state index is 11.5. The highest BCUT2D eigenvalue weighted by molar-refractivity contribution is 5.76. The summed E-state index contributed by atoms with van der Waals surface area (Å²) in [5, 5.41) is 2.84. The number of unbranched alkanes of at least 4 members (excludes halogenated alkanes) is 2. The monoisotopic (exact) mass is 259 g/mol. The predicted molar refractivity (Wildman–Crippen MR) is 69.2 cm³/mol. The summed E-state index contributed by atoms with van der Waals surface area (Å²) in [6.45, 7) is 4.39. The minimum atomic E-state index is -0.422. The van der Waals surface area contributed by atoms with Crippen molar-refractivity contribution in [2.45, 2.75) is 51.6 Å². The minimum absolute atomic E-state index is 0.00480. The zero-order chi connectivity index (χ0) is 14.0. The van der Waals surface area contributed by atoms with Gasteiger partial charge in [-0.1, -0.05) is 6.42 Å². The molecule has 0 aliphatic rings. The van der Waals surface area contributed by atoms with Crippen molar-refractivity contribution in [2.24, 2.45) is 0 Å². The Labute approximate surface area is 109 Å². The normalized spacial score (nSPS) is 11.1. The molecular formula is C13H25NO4. The molecule has 5 heteroatoms. The third-order valence-electron chi connectivity index (χ3n) is 2.75. The van der Waals surface area contributed by atoms with Crippen molar-refractivity contribution in [2.75, 3.05) is 20.8 Å². The second-order valence-corrected chi connectivity index (χ2v) is 4.88. The largest absolute Gasteiger partial charge is 0.469 e. The van der Waals surface area contributed by atoms with E-state index in [0.29, 0.717) is 19.4 Å². The highest BCUT2D eigenvalue weighted by Crippen LogP contribution is 2.12. The summed E-state index contributed by atoms with van der Waals surface area (Å²) < 4.78 is 9.72. The summed E-state index contributed by atoms with van der Waals surface area (Å²) in [6.07, 6.45) is 3.37. The molecule has 0 heterocycles. The number of carbonyl (C=O) groups excluding carboxylic acids is 2. The maximum Gasteiger partial charge on any atom is 0.305 e. The van der Waals surface area contributed by atoms with Crippen molar-refractivity contribution in [3.8, 4) is 0 Å². The van der Waals surface area contributed by atoms with Crippen molar-refractivity contribution in [3.63, 3.8) is 0 Å². The van der Waals surface area contributed by atoms with Crippen molar-refractivity contribution in [1.82, 2.24) is 5.32 Å². The van der Waals surface area contributed by atoms with E-state index in [1.165, 1.54) is 7.11 Å². The number of esters is 1. The standard InChI is InChI=1S/C13H25NO4/c1-13(2,18-4)10-11(15)14-9-7-5-6-8-12(16)17-3/h5-10H2,1-4H3,(H,14,15). The average molecular weight is 259 g/mol. The van der Waals surface area contributed by atoms with Crippen molar-refractivity contribution in [3.05, 3.63) is 0 Å². The van der Waals surface area contributed by atoms with Crippen LogP contribution in [0.4, 0.5) is 0 Å². The quantitative estimate of drug-likeness (QED) is 0.505. The minimum Gasteiger partial charge on any atom is -0.469 e. The lowest BCUT2D eigenvalue weighted by Gasteiger charge is -2.21. The fourth-order valence-electron chi connectivity index (χ4n) is 1.42. The van der Waals surface area contributed by atoms with Crippen LogP contribution < -0.4 is 5.32 Å². The van der Waals surface area contributed by atoms with Crippen LogP contribution in [0.3, 0.4) is 0 Å². The van der Waals surface area contributed by atoms with E-state index in [1.807, 2.05) is 13.8 Å². The van der Waals surface area contributed by atoms with Crippen LogP contribution in [0.1, 0.15) is 46.0 Å². The van der Waals surface area contributed by atoms with E-state index in [-0.39, 0.29) is 11.9 Å². The second-order valence-electron chi connectivity index (χ2n) is 4.88. The molecule has 1 amide bonds. The SMILES string of the molecule is COC(=O)CCCCCNC(=O)CC(C)(C)OC. The molecule has 1 N–H and O–H groups in total. The van der Waals surface area contributed by atoms with Crippen LogP contribution in [-0.2, 0) is 19.1 Å². The summed E-state index contributed by atoms with van der Waals surface area (Å²) >= 11 is 0. The number of ether oxygens (including phenoxy) is 2. The van der Waals surface area contributed by atoms with Crippen molar-refractivity contribution in [1.29, 1.82) is 0 Å². The molecule has 0 aliphatic carbocycles. The van der Waals surface area contributed by atoms with Gasteiger partial charge in [0.25, 0.3) is 0 Å². The van der Waals surface area contributed by atoms with Gasteiger partial charge < -0.3 is 14.8 Å². The first-order valence-electron chi connectivity index (χ1n) is 6.30. The van der Waals surface area contributed by atoms with Crippen LogP contribution in [0.15, 0.2) is 0 Å². The van der Waals surface area contributed by atoms with Gasteiger partial charge in [-0.3, -0.25) is 9.59 Å². The molecule has 0 aromatic rings. The lowest BCUT2D eigenvalue weighted by molar-refractivity contribution is -0.140. The molecule has 0 atom stereocenters. The highest BCUT2D eigenvalue weighted by atomic mass is 16.5. The van der Waals surface area contributed by atoms with Gasteiger partial charge in [0.15, 0.2) is 0 Å². The average Bonchev–Trinajstić information content (AvgIpc) is 2.32. The van der Waals surface area contributed by atoms with Crippen molar-refractivity contribution >= 4 is 11.9 Å². The smallest absolute Gasteiger partial charge is 0.305 e. The molecule has 0 aromatic heterocycles. The highest BCUT2D eigenvalue weighted by Gasteiger charge is 2.20. The fourth-order valence-corrected chi connectivity index (χ4v) is 1.42. The van der Waals surface area contributed by atoms with E-state index in [0.717, 1.165) is 19.3 Å². The van der Waals surface area contributed by atoms with Gasteiger partial charge in [0.05, 0.1) is 19.1 Å². The zero-order valence-corrected chi connectivity index (χ0v) is 11.9. The Morgan fingerprint density at radius 3 is 2.33 bits per heavy atom. The molecule has 5 nitrogen and oxygen atoms in total. The Hall–Kier alpha value is -1.10.